The zero-order valence-corrected chi connectivity index (χ0v) is 13.4. The summed E-state index contributed by atoms with van der Waals surface area (Å²) in [7, 11) is 0. The lowest BCUT2D eigenvalue weighted by Gasteiger charge is -2.12. The van der Waals surface area contributed by atoms with Gasteiger partial charge in [0.25, 0.3) is 5.56 Å². The number of aromatic hydroxyl groups is 1. The van der Waals surface area contributed by atoms with Crippen LogP contribution in [0.15, 0.2) is 52.2 Å². The largest absolute Gasteiger partial charge is 0.508 e. The number of H-pyrrole nitrogens is 1. The molecule has 0 aliphatic carbocycles. The molecule has 2 N–H and O–H groups in total. The van der Waals surface area contributed by atoms with Crippen LogP contribution in [0.4, 0.5) is 0 Å². The molecule has 0 saturated carbocycles. The minimum Gasteiger partial charge on any atom is -0.508 e. The number of halogens is 2. The Labute approximate surface area is 144 Å². The fourth-order valence-electron chi connectivity index (χ4n) is 1.94. The molecule has 2 aromatic carbocycles. The number of hydrogen-bond donors (Lipinski definition) is 2. The molecule has 24 heavy (non-hydrogen) atoms. The van der Waals surface area contributed by atoms with Gasteiger partial charge < -0.3 is 9.84 Å². The molecule has 0 unspecified atom stereocenters. The van der Waals surface area contributed by atoms with Crippen molar-refractivity contribution < 1.29 is 9.84 Å². The van der Waals surface area contributed by atoms with E-state index in [0.717, 1.165) is 10.9 Å². The fraction of sp³-hybridized carbons (Fsp3) is 0. The second kappa shape index (κ2) is 6.38. The van der Waals surface area contributed by atoms with E-state index in [1.807, 2.05) is 0 Å². The van der Waals surface area contributed by atoms with Crippen molar-refractivity contribution in [2.75, 3.05) is 0 Å². The molecule has 0 amide bonds. The number of nitrogens with one attached hydrogen (secondary N) is 1. The maximum Gasteiger partial charge on any atom is 0.349 e. The van der Waals surface area contributed by atoms with E-state index in [-0.39, 0.29) is 27.2 Å². The average Bonchev–Trinajstić information content (AvgIpc) is 2.52. The van der Waals surface area contributed by atoms with E-state index in [1.165, 1.54) is 24.3 Å². The van der Waals surface area contributed by atoms with Gasteiger partial charge in [0.2, 0.25) is 0 Å². The number of nitrogens with zero attached hydrogens (tertiary/aromatic N) is 2. The molecular formula is C15H9Cl2N3O4. The van der Waals surface area contributed by atoms with Crippen molar-refractivity contribution in [2.24, 2.45) is 0 Å². The van der Waals surface area contributed by atoms with Crippen LogP contribution in [0.25, 0.3) is 5.69 Å². The number of benzene rings is 2. The standard InChI is InChI=1S/C15H9Cl2N3O4/c16-11-5-8(20-15(23)19-13(22)7-18-20)6-12(17)14(11)24-10-3-1-9(21)2-4-10/h1-7,21H,(H,19,22,23). The maximum atomic E-state index is 11.8. The number of rotatable bonds is 3. The first-order chi connectivity index (χ1) is 11.4. The molecule has 0 aliphatic heterocycles. The Hall–Kier alpha value is -2.77. The summed E-state index contributed by atoms with van der Waals surface area (Å²) in [6, 6.07) is 8.85. The number of aromatic nitrogens is 3. The maximum absolute atomic E-state index is 11.8. The second-order valence-electron chi connectivity index (χ2n) is 4.69. The number of aromatic amines is 1. The van der Waals surface area contributed by atoms with Gasteiger partial charge in [0.1, 0.15) is 17.7 Å². The van der Waals surface area contributed by atoms with Crippen molar-refractivity contribution in [3.05, 3.63) is 73.5 Å². The van der Waals surface area contributed by atoms with E-state index < -0.39 is 11.2 Å². The third kappa shape index (κ3) is 3.27. The Morgan fingerprint density at radius 2 is 1.71 bits per heavy atom. The lowest BCUT2D eigenvalue weighted by molar-refractivity contribution is 0.464. The van der Waals surface area contributed by atoms with E-state index in [1.54, 1.807) is 12.1 Å². The van der Waals surface area contributed by atoms with E-state index in [0.29, 0.717) is 5.75 Å². The zero-order valence-electron chi connectivity index (χ0n) is 11.9. The Kier molecular flexibility index (Phi) is 4.28. The van der Waals surface area contributed by atoms with Gasteiger partial charge in [0, 0.05) is 0 Å². The van der Waals surface area contributed by atoms with Crippen LogP contribution in [-0.4, -0.2) is 19.9 Å². The molecule has 0 spiro atoms. The second-order valence-corrected chi connectivity index (χ2v) is 5.50. The van der Waals surface area contributed by atoms with Gasteiger partial charge in [-0.3, -0.25) is 9.78 Å². The topological polar surface area (TPSA) is 97.2 Å². The molecule has 0 aliphatic rings. The first-order valence-corrected chi connectivity index (χ1v) is 7.34. The Balaban J connectivity index is 2.01. The summed E-state index contributed by atoms with van der Waals surface area (Å²) in [5, 5.41) is 13.3. The molecule has 0 fully saturated rings. The van der Waals surface area contributed by atoms with Crippen molar-refractivity contribution in [2.45, 2.75) is 0 Å². The van der Waals surface area contributed by atoms with E-state index >= 15 is 0 Å². The van der Waals surface area contributed by atoms with Crippen molar-refractivity contribution in [3.63, 3.8) is 0 Å². The molecule has 122 valence electrons. The normalized spacial score (nSPS) is 10.6. The fourth-order valence-corrected chi connectivity index (χ4v) is 2.49. The van der Waals surface area contributed by atoms with Crippen LogP contribution in [0.1, 0.15) is 0 Å². The van der Waals surface area contributed by atoms with Gasteiger partial charge in [0.05, 0.1) is 15.7 Å². The summed E-state index contributed by atoms with van der Waals surface area (Å²) in [6.07, 6.45) is 0.962. The Bertz CT molecular complexity index is 989. The molecule has 1 heterocycles. The van der Waals surface area contributed by atoms with Crippen molar-refractivity contribution >= 4 is 23.2 Å². The van der Waals surface area contributed by atoms with Crippen LogP contribution in [0.5, 0.6) is 17.2 Å². The number of hydrogen-bond acceptors (Lipinski definition) is 5. The van der Waals surface area contributed by atoms with Gasteiger partial charge in [-0.15, -0.1) is 0 Å². The van der Waals surface area contributed by atoms with Gasteiger partial charge in [-0.2, -0.15) is 9.78 Å². The van der Waals surface area contributed by atoms with Gasteiger partial charge in [-0.05, 0) is 36.4 Å². The predicted molar refractivity (Wildman–Crippen MR) is 88.7 cm³/mol. The molecule has 0 bridgehead atoms. The van der Waals surface area contributed by atoms with Crippen LogP contribution in [-0.2, 0) is 0 Å². The van der Waals surface area contributed by atoms with Crippen LogP contribution in [0.2, 0.25) is 10.0 Å². The van der Waals surface area contributed by atoms with Crippen LogP contribution in [0, 0.1) is 0 Å². The summed E-state index contributed by atoms with van der Waals surface area (Å²) in [5.41, 5.74) is -1.06. The first kappa shape index (κ1) is 16.1. The monoisotopic (exact) mass is 365 g/mol. The van der Waals surface area contributed by atoms with Crippen LogP contribution in [0.3, 0.4) is 0 Å². The van der Waals surface area contributed by atoms with E-state index in [9.17, 15) is 14.7 Å². The van der Waals surface area contributed by atoms with Crippen LogP contribution >= 0.6 is 23.2 Å². The lowest BCUT2D eigenvalue weighted by atomic mass is 10.3. The minimum absolute atomic E-state index is 0.0958. The summed E-state index contributed by atoms with van der Waals surface area (Å²) in [4.78, 5) is 24.9. The number of ether oxygens (including phenoxy) is 1. The summed E-state index contributed by atoms with van der Waals surface area (Å²) in [5.74, 6) is 0.701. The SMILES string of the molecule is O=c1cnn(-c2cc(Cl)c(Oc3ccc(O)cc3)c(Cl)c2)c(=O)[nH]1. The van der Waals surface area contributed by atoms with Crippen LogP contribution < -0.4 is 16.0 Å². The van der Waals surface area contributed by atoms with E-state index in [4.69, 9.17) is 27.9 Å². The first-order valence-electron chi connectivity index (χ1n) is 6.59. The molecule has 3 rings (SSSR count). The quantitative estimate of drug-likeness (QED) is 0.743. The van der Waals surface area contributed by atoms with Crippen molar-refractivity contribution in [1.29, 1.82) is 0 Å². The Morgan fingerprint density at radius 1 is 1.08 bits per heavy atom. The number of phenols is 1. The van der Waals surface area contributed by atoms with Gasteiger partial charge in [-0.25, -0.2) is 4.79 Å². The Morgan fingerprint density at radius 3 is 2.29 bits per heavy atom. The highest BCUT2D eigenvalue weighted by atomic mass is 35.5. The smallest absolute Gasteiger partial charge is 0.349 e. The predicted octanol–water partition coefficient (Wildman–Crippen LogP) is 2.73. The molecule has 0 saturated heterocycles. The summed E-state index contributed by atoms with van der Waals surface area (Å²) in [6.45, 7) is 0. The summed E-state index contributed by atoms with van der Waals surface area (Å²) >= 11 is 12.4. The average molecular weight is 366 g/mol. The molecule has 0 radical (unpaired) electrons. The molecule has 3 aromatic rings. The minimum atomic E-state index is -0.721. The third-order valence-electron chi connectivity index (χ3n) is 3.00. The molecule has 0 atom stereocenters. The van der Waals surface area contributed by atoms with Crippen molar-refractivity contribution in [3.8, 4) is 22.9 Å². The van der Waals surface area contributed by atoms with Gasteiger partial charge >= 0.3 is 5.69 Å². The third-order valence-corrected chi connectivity index (χ3v) is 3.56. The molecule has 1 aromatic heterocycles. The van der Waals surface area contributed by atoms with Crippen molar-refractivity contribution in [1.82, 2.24) is 14.8 Å². The highest BCUT2D eigenvalue weighted by Gasteiger charge is 2.13. The van der Waals surface area contributed by atoms with E-state index in [2.05, 4.69) is 10.1 Å². The lowest BCUT2D eigenvalue weighted by Crippen LogP contribution is -2.30. The van der Waals surface area contributed by atoms with Gasteiger partial charge in [-0.1, -0.05) is 23.2 Å². The number of phenolic OH excluding ortho intramolecular Hbond substituents is 1. The highest BCUT2D eigenvalue weighted by Crippen LogP contribution is 2.38. The molecular weight excluding hydrogens is 357 g/mol. The summed E-state index contributed by atoms with van der Waals surface area (Å²) < 4.78 is 6.54. The molecule has 9 heteroatoms. The highest BCUT2D eigenvalue weighted by molar-refractivity contribution is 6.37. The zero-order chi connectivity index (χ0) is 17.3. The van der Waals surface area contributed by atoms with Gasteiger partial charge in [0.15, 0.2) is 5.75 Å². The molecule has 7 nitrogen and oxygen atoms in total.